The molecular formula is C12H10N6O3S. The standard InChI is InChI=1S/C12H10N6O3S/c13-18-16-8-4-2-1-3-7(8)6-14-17-12-15-11(21)9(22-12)5-10(19)20/h1-4,6,9H,5H2,(H,19,20)(H,15,17,21). The third-order valence-electron chi connectivity index (χ3n) is 2.57. The zero-order valence-electron chi connectivity index (χ0n) is 11.1. The van der Waals surface area contributed by atoms with E-state index in [4.69, 9.17) is 10.6 Å². The van der Waals surface area contributed by atoms with E-state index in [1.807, 2.05) is 0 Å². The van der Waals surface area contributed by atoms with E-state index in [0.29, 0.717) is 11.3 Å². The largest absolute Gasteiger partial charge is 0.481 e. The zero-order chi connectivity index (χ0) is 15.9. The van der Waals surface area contributed by atoms with Crippen molar-refractivity contribution in [1.29, 1.82) is 0 Å². The Morgan fingerprint density at radius 1 is 1.50 bits per heavy atom. The van der Waals surface area contributed by atoms with Crippen LogP contribution in [0, 0.1) is 0 Å². The molecule has 9 nitrogen and oxygen atoms in total. The number of amidine groups is 1. The number of nitrogens with zero attached hydrogens (tertiary/aromatic N) is 5. The second-order valence-corrected chi connectivity index (χ2v) is 5.28. The Balaban J connectivity index is 2.08. The molecule has 0 saturated carbocycles. The molecule has 1 unspecified atom stereocenters. The molecule has 1 saturated heterocycles. The molecule has 1 amide bonds. The van der Waals surface area contributed by atoms with Crippen LogP contribution in [0.3, 0.4) is 0 Å². The lowest BCUT2D eigenvalue weighted by atomic mass is 10.2. The van der Waals surface area contributed by atoms with E-state index >= 15 is 0 Å². The number of carbonyl (C=O) groups is 2. The first kappa shape index (κ1) is 15.5. The number of hydrogen-bond donors (Lipinski definition) is 2. The van der Waals surface area contributed by atoms with Crippen LogP contribution in [0.15, 0.2) is 39.6 Å². The Bertz CT molecular complexity index is 711. The van der Waals surface area contributed by atoms with E-state index in [9.17, 15) is 9.59 Å². The predicted molar refractivity (Wildman–Crippen MR) is 82.1 cm³/mol. The monoisotopic (exact) mass is 318 g/mol. The van der Waals surface area contributed by atoms with Crippen LogP contribution in [-0.4, -0.2) is 33.6 Å². The summed E-state index contributed by atoms with van der Waals surface area (Å²) in [5, 5.41) is 21.8. The van der Waals surface area contributed by atoms with Crippen LogP contribution < -0.4 is 5.32 Å². The van der Waals surface area contributed by atoms with Crippen LogP contribution in [0.25, 0.3) is 10.4 Å². The van der Waals surface area contributed by atoms with Gasteiger partial charge in [-0.05, 0) is 5.53 Å². The smallest absolute Gasteiger partial charge is 0.305 e. The molecule has 2 rings (SSSR count). The highest BCUT2D eigenvalue weighted by atomic mass is 32.2. The lowest BCUT2D eigenvalue weighted by molar-refractivity contribution is -0.138. The SMILES string of the molecule is [N-]=[N+]=Nc1ccccc1C=NN=C1NC(=O)C(CC(=O)O)S1. The summed E-state index contributed by atoms with van der Waals surface area (Å²) in [6, 6.07) is 6.79. The highest BCUT2D eigenvalue weighted by molar-refractivity contribution is 8.15. The van der Waals surface area contributed by atoms with Crippen LogP contribution in [0.2, 0.25) is 0 Å². The van der Waals surface area contributed by atoms with Crippen molar-refractivity contribution in [3.05, 3.63) is 40.3 Å². The van der Waals surface area contributed by atoms with Crippen LogP contribution in [0.4, 0.5) is 5.69 Å². The van der Waals surface area contributed by atoms with Crippen molar-refractivity contribution < 1.29 is 14.7 Å². The minimum absolute atomic E-state index is 0.230. The van der Waals surface area contributed by atoms with Crippen molar-refractivity contribution in [3.8, 4) is 0 Å². The first-order chi connectivity index (χ1) is 10.6. The van der Waals surface area contributed by atoms with Gasteiger partial charge < -0.3 is 10.4 Å². The highest BCUT2D eigenvalue weighted by Gasteiger charge is 2.32. The fraction of sp³-hybridized carbons (Fsp3) is 0.167. The molecule has 0 radical (unpaired) electrons. The average Bonchev–Trinajstić information content (AvgIpc) is 2.80. The van der Waals surface area contributed by atoms with Gasteiger partial charge in [0.25, 0.3) is 0 Å². The summed E-state index contributed by atoms with van der Waals surface area (Å²) >= 11 is 1.01. The lowest BCUT2D eigenvalue weighted by Crippen LogP contribution is -2.26. The lowest BCUT2D eigenvalue weighted by Gasteiger charge is -1.98. The molecule has 2 N–H and O–H groups in total. The Labute approximate surface area is 128 Å². The fourth-order valence-corrected chi connectivity index (χ4v) is 2.54. The Kier molecular flexibility index (Phi) is 5.12. The van der Waals surface area contributed by atoms with Gasteiger partial charge in [0, 0.05) is 16.2 Å². The van der Waals surface area contributed by atoms with Crippen molar-refractivity contribution in [2.75, 3.05) is 0 Å². The van der Waals surface area contributed by atoms with Crippen molar-refractivity contribution in [1.82, 2.24) is 5.32 Å². The average molecular weight is 318 g/mol. The van der Waals surface area contributed by atoms with Crippen molar-refractivity contribution in [2.24, 2.45) is 15.3 Å². The van der Waals surface area contributed by atoms with Gasteiger partial charge >= 0.3 is 5.97 Å². The molecule has 1 atom stereocenters. The predicted octanol–water partition coefficient (Wildman–Crippen LogP) is 2.02. The first-order valence-corrected chi connectivity index (χ1v) is 6.92. The third kappa shape index (κ3) is 4.08. The number of hydrogen-bond acceptors (Lipinski definition) is 6. The molecule has 0 aromatic heterocycles. The normalized spacial score (nSPS) is 19.2. The van der Waals surface area contributed by atoms with E-state index in [1.54, 1.807) is 24.3 Å². The number of azide groups is 1. The number of nitrogens with one attached hydrogen (secondary N) is 1. The maximum atomic E-state index is 11.5. The van der Waals surface area contributed by atoms with Crippen molar-refractivity contribution in [3.63, 3.8) is 0 Å². The number of thioether (sulfide) groups is 1. The van der Waals surface area contributed by atoms with E-state index < -0.39 is 17.1 Å². The van der Waals surface area contributed by atoms with Gasteiger partial charge in [0.1, 0.15) is 5.25 Å². The van der Waals surface area contributed by atoms with Gasteiger partial charge in [-0.2, -0.15) is 5.10 Å². The first-order valence-electron chi connectivity index (χ1n) is 6.04. The minimum atomic E-state index is -1.05. The molecular weight excluding hydrogens is 308 g/mol. The van der Waals surface area contributed by atoms with Crippen molar-refractivity contribution >= 4 is 40.7 Å². The molecule has 1 aromatic carbocycles. The molecule has 112 valence electrons. The van der Waals surface area contributed by atoms with Gasteiger partial charge in [-0.3, -0.25) is 9.59 Å². The number of carbonyl (C=O) groups excluding carboxylic acids is 1. The van der Waals surface area contributed by atoms with Crippen LogP contribution >= 0.6 is 11.8 Å². The van der Waals surface area contributed by atoms with E-state index in [-0.39, 0.29) is 11.6 Å². The molecule has 10 heteroatoms. The number of rotatable bonds is 5. The van der Waals surface area contributed by atoms with Crippen molar-refractivity contribution in [2.45, 2.75) is 11.7 Å². The summed E-state index contributed by atoms with van der Waals surface area (Å²) in [5.41, 5.74) is 9.43. The summed E-state index contributed by atoms with van der Waals surface area (Å²) in [4.78, 5) is 24.8. The fourth-order valence-electron chi connectivity index (χ4n) is 1.62. The summed E-state index contributed by atoms with van der Waals surface area (Å²) in [5.74, 6) is -1.46. The molecule has 0 aliphatic carbocycles. The van der Waals surface area contributed by atoms with Gasteiger partial charge in [0.15, 0.2) is 5.17 Å². The Morgan fingerprint density at radius 3 is 3.00 bits per heavy atom. The number of amides is 1. The van der Waals surface area contributed by atoms with Gasteiger partial charge in [-0.1, -0.05) is 41.1 Å². The number of aliphatic carboxylic acids is 1. The minimum Gasteiger partial charge on any atom is -0.481 e. The van der Waals surface area contributed by atoms with Gasteiger partial charge in [0.05, 0.1) is 12.6 Å². The second kappa shape index (κ2) is 7.25. The van der Waals surface area contributed by atoms with Crippen LogP contribution in [0.5, 0.6) is 0 Å². The van der Waals surface area contributed by atoms with E-state index in [2.05, 4.69) is 25.5 Å². The van der Waals surface area contributed by atoms with Crippen LogP contribution in [-0.2, 0) is 9.59 Å². The summed E-state index contributed by atoms with van der Waals surface area (Å²) < 4.78 is 0. The topological polar surface area (TPSA) is 140 Å². The Morgan fingerprint density at radius 2 is 2.27 bits per heavy atom. The molecule has 1 aliphatic heterocycles. The van der Waals surface area contributed by atoms with E-state index in [0.717, 1.165) is 11.8 Å². The number of carboxylic acid groups (broad SMARTS) is 1. The van der Waals surface area contributed by atoms with Crippen LogP contribution in [0.1, 0.15) is 12.0 Å². The maximum absolute atomic E-state index is 11.5. The second-order valence-electron chi connectivity index (χ2n) is 4.09. The summed E-state index contributed by atoms with van der Waals surface area (Å²) in [6.07, 6.45) is 1.10. The molecule has 1 aromatic rings. The summed E-state index contributed by atoms with van der Waals surface area (Å²) in [7, 11) is 0. The van der Waals surface area contributed by atoms with E-state index in [1.165, 1.54) is 6.21 Å². The maximum Gasteiger partial charge on any atom is 0.305 e. The zero-order valence-corrected chi connectivity index (χ0v) is 11.9. The highest BCUT2D eigenvalue weighted by Crippen LogP contribution is 2.22. The number of carboxylic acids is 1. The molecule has 1 heterocycles. The number of benzene rings is 1. The van der Waals surface area contributed by atoms with Gasteiger partial charge in [-0.25, -0.2) is 0 Å². The molecule has 0 bridgehead atoms. The van der Waals surface area contributed by atoms with Gasteiger partial charge in [0.2, 0.25) is 5.91 Å². The van der Waals surface area contributed by atoms with Gasteiger partial charge in [-0.15, -0.1) is 5.10 Å². The Hall–Kier alpha value is -2.84. The summed E-state index contributed by atoms with van der Waals surface area (Å²) in [6.45, 7) is 0. The molecule has 22 heavy (non-hydrogen) atoms. The third-order valence-corrected chi connectivity index (χ3v) is 3.64. The quantitative estimate of drug-likeness (QED) is 0.282. The molecule has 1 fully saturated rings. The molecule has 0 spiro atoms. The molecule has 1 aliphatic rings.